The molecular formula is C12H11N5O3S. The fraction of sp³-hybridized carbons (Fsp3) is 0.167. The van der Waals surface area contributed by atoms with Crippen LogP contribution in [0.25, 0.3) is 10.2 Å². The van der Waals surface area contributed by atoms with Gasteiger partial charge in [0.05, 0.1) is 10.6 Å². The summed E-state index contributed by atoms with van der Waals surface area (Å²) in [7, 11) is 1.82. The van der Waals surface area contributed by atoms with Gasteiger partial charge in [-0.05, 0) is 13.0 Å². The SMILES string of the molecule is Cc1nn(C)c2sc(C(=O)Nc3cc(C(=O)O)[nH]n3)cc12. The number of carboxylic acid groups (broad SMARTS) is 1. The van der Waals surface area contributed by atoms with Crippen molar-refractivity contribution >= 4 is 39.2 Å². The number of rotatable bonds is 3. The number of H-pyrrole nitrogens is 1. The van der Waals surface area contributed by atoms with Crippen molar-refractivity contribution in [2.24, 2.45) is 7.05 Å². The van der Waals surface area contributed by atoms with Crippen LogP contribution in [0.2, 0.25) is 0 Å². The fourth-order valence-corrected chi connectivity index (χ4v) is 3.01. The zero-order valence-corrected chi connectivity index (χ0v) is 12.0. The predicted octanol–water partition coefficient (Wildman–Crippen LogP) is 1.62. The molecule has 8 nitrogen and oxygen atoms in total. The lowest BCUT2D eigenvalue weighted by molar-refractivity contribution is 0.0690. The van der Waals surface area contributed by atoms with Crippen LogP contribution in [0.1, 0.15) is 25.9 Å². The number of carbonyl (C=O) groups is 2. The highest BCUT2D eigenvalue weighted by Crippen LogP contribution is 2.28. The first-order valence-electron chi connectivity index (χ1n) is 5.99. The van der Waals surface area contributed by atoms with Gasteiger partial charge in [0, 0.05) is 18.5 Å². The summed E-state index contributed by atoms with van der Waals surface area (Å²) in [4.78, 5) is 24.3. The topological polar surface area (TPSA) is 113 Å². The van der Waals surface area contributed by atoms with Crippen molar-refractivity contribution < 1.29 is 14.7 Å². The Balaban J connectivity index is 1.86. The van der Waals surface area contributed by atoms with Crippen LogP contribution < -0.4 is 5.32 Å². The molecule has 21 heavy (non-hydrogen) atoms. The lowest BCUT2D eigenvalue weighted by atomic mass is 10.3. The average Bonchev–Trinajstić information content (AvgIpc) is 3.08. The summed E-state index contributed by atoms with van der Waals surface area (Å²) in [5.41, 5.74) is 0.775. The van der Waals surface area contributed by atoms with Gasteiger partial charge in [0.1, 0.15) is 10.5 Å². The molecule has 0 saturated heterocycles. The molecule has 3 heterocycles. The highest BCUT2D eigenvalue weighted by molar-refractivity contribution is 7.20. The van der Waals surface area contributed by atoms with E-state index in [2.05, 4.69) is 20.6 Å². The standard InChI is InChI=1S/C12H11N5O3S/c1-5-6-3-8(21-11(6)17(2)16-5)10(18)13-9-4-7(12(19)20)14-15-9/h3-4H,1-2H3,(H,19,20)(H2,13,14,15,18). The van der Waals surface area contributed by atoms with Crippen molar-refractivity contribution in [3.05, 3.63) is 28.4 Å². The van der Waals surface area contributed by atoms with Crippen LogP contribution in [-0.2, 0) is 7.05 Å². The number of carbonyl (C=O) groups excluding carboxylic acids is 1. The molecule has 0 unspecified atom stereocenters. The van der Waals surface area contributed by atoms with Gasteiger partial charge in [-0.25, -0.2) is 4.79 Å². The van der Waals surface area contributed by atoms with Crippen LogP contribution >= 0.6 is 11.3 Å². The van der Waals surface area contributed by atoms with Crippen LogP contribution in [-0.4, -0.2) is 37.0 Å². The van der Waals surface area contributed by atoms with E-state index in [1.54, 1.807) is 10.7 Å². The van der Waals surface area contributed by atoms with Gasteiger partial charge in [0.2, 0.25) is 0 Å². The van der Waals surface area contributed by atoms with Crippen molar-refractivity contribution in [1.29, 1.82) is 0 Å². The number of nitrogens with zero attached hydrogens (tertiary/aromatic N) is 3. The molecule has 0 aliphatic carbocycles. The van der Waals surface area contributed by atoms with Gasteiger partial charge in [0.25, 0.3) is 5.91 Å². The molecule has 3 aromatic heterocycles. The molecule has 3 rings (SSSR count). The third-order valence-corrected chi connectivity index (χ3v) is 4.17. The number of fused-ring (bicyclic) bond motifs is 1. The molecule has 0 atom stereocenters. The van der Waals surface area contributed by atoms with Gasteiger partial charge in [-0.1, -0.05) is 0 Å². The lowest BCUT2D eigenvalue weighted by Gasteiger charge is -1.97. The van der Waals surface area contributed by atoms with E-state index in [9.17, 15) is 9.59 Å². The second kappa shape index (κ2) is 4.70. The minimum Gasteiger partial charge on any atom is -0.477 e. The molecule has 0 radical (unpaired) electrons. The molecule has 0 aromatic carbocycles. The van der Waals surface area contributed by atoms with Crippen molar-refractivity contribution in [1.82, 2.24) is 20.0 Å². The molecule has 1 amide bonds. The Bertz CT molecular complexity index is 825. The minimum absolute atomic E-state index is 0.0818. The van der Waals surface area contributed by atoms with E-state index in [0.29, 0.717) is 4.88 Å². The summed E-state index contributed by atoms with van der Waals surface area (Å²) in [5, 5.41) is 22.6. The van der Waals surface area contributed by atoms with E-state index in [-0.39, 0.29) is 17.4 Å². The number of aromatic amines is 1. The van der Waals surface area contributed by atoms with Gasteiger partial charge in [0.15, 0.2) is 5.82 Å². The summed E-state index contributed by atoms with van der Waals surface area (Å²) in [6.07, 6.45) is 0. The van der Waals surface area contributed by atoms with Gasteiger partial charge in [-0.15, -0.1) is 11.3 Å². The number of aromatic carboxylic acids is 1. The number of hydrogen-bond acceptors (Lipinski definition) is 5. The number of hydrogen-bond donors (Lipinski definition) is 3. The Hall–Kier alpha value is -2.68. The lowest BCUT2D eigenvalue weighted by Crippen LogP contribution is -2.10. The Morgan fingerprint density at radius 1 is 1.43 bits per heavy atom. The maximum atomic E-state index is 12.2. The normalized spacial score (nSPS) is 11.0. The van der Waals surface area contributed by atoms with Crippen LogP contribution in [0.5, 0.6) is 0 Å². The summed E-state index contributed by atoms with van der Waals surface area (Å²) < 4.78 is 1.73. The van der Waals surface area contributed by atoms with Crippen molar-refractivity contribution in [2.45, 2.75) is 6.92 Å². The molecule has 0 bridgehead atoms. The summed E-state index contributed by atoms with van der Waals surface area (Å²) in [6, 6.07) is 3.03. The van der Waals surface area contributed by atoms with Crippen molar-refractivity contribution in [2.75, 3.05) is 5.32 Å². The average molecular weight is 305 g/mol. The van der Waals surface area contributed by atoms with E-state index < -0.39 is 5.97 Å². The number of thiophene rings is 1. The van der Waals surface area contributed by atoms with Crippen LogP contribution in [0.3, 0.4) is 0 Å². The molecule has 0 saturated carbocycles. The molecule has 9 heteroatoms. The van der Waals surface area contributed by atoms with Crippen LogP contribution in [0.15, 0.2) is 12.1 Å². The van der Waals surface area contributed by atoms with Gasteiger partial charge in [-0.2, -0.15) is 10.2 Å². The highest BCUT2D eigenvalue weighted by atomic mass is 32.1. The maximum Gasteiger partial charge on any atom is 0.353 e. The number of nitrogens with one attached hydrogen (secondary N) is 2. The fourth-order valence-electron chi connectivity index (χ4n) is 1.99. The van der Waals surface area contributed by atoms with E-state index in [1.807, 2.05) is 14.0 Å². The second-order valence-corrected chi connectivity index (χ2v) is 5.50. The van der Waals surface area contributed by atoms with Gasteiger partial charge in [-0.3, -0.25) is 14.6 Å². The zero-order chi connectivity index (χ0) is 15.1. The third-order valence-electron chi connectivity index (χ3n) is 2.97. The number of carboxylic acids is 1. The molecule has 108 valence electrons. The Labute approximate surface area is 122 Å². The summed E-state index contributed by atoms with van der Waals surface area (Å²) in [6.45, 7) is 1.88. The van der Waals surface area contributed by atoms with E-state index >= 15 is 0 Å². The molecule has 0 aliphatic rings. The second-order valence-electron chi connectivity index (χ2n) is 4.46. The zero-order valence-electron chi connectivity index (χ0n) is 11.2. The Morgan fingerprint density at radius 3 is 2.81 bits per heavy atom. The number of aryl methyl sites for hydroxylation is 2. The Kier molecular flexibility index (Phi) is 2.98. The smallest absolute Gasteiger partial charge is 0.353 e. The molecule has 0 aliphatic heterocycles. The summed E-state index contributed by atoms with van der Waals surface area (Å²) in [5.74, 6) is -1.30. The first-order valence-corrected chi connectivity index (χ1v) is 6.80. The largest absolute Gasteiger partial charge is 0.477 e. The van der Waals surface area contributed by atoms with E-state index in [0.717, 1.165) is 15.9 Å². The minimum atomic E-state index is -1.13. The monoisotopic (exact) mass is 305 g/mol. The van der Waals surface area contributed by atoms with E-state index in [4.69, 9.17) is 5.11 Å². The van der Waals surface area contributed by atoms with Crippen molar-refractivity contribution in [3.63, 3.8) is 0 Å². The van der Waals surface area contributed by atoms with Gasteiger partial charge >= 0.3 is 5.97 Å². The first-order chi connectivity index (χ1) is 9.95. The van der Waals surface area contributed by atoms with Crippen LogP contribution in [0.4, 0.5) is 5.82 Å². The number of amides is 1. The number of aromatic nitrogens is 4. The molecule has 3 aromatic rings. The molecule has 3 N–H and O–H groups in total. The summed E-state index contributed by atoms with van der Waals surface area (Å²) >= 11 is 1.32. The van der Waals surface area contributed by atoms with Crippen LogP contribution in [0, 0.1) is 6.92 Å². The molecule has 0 spiro atoms. The highest BCUT2D eigenvalue weighted by Gasteiger charge is 2.16. The molecule has 0 fully saturated rings. The maximum absolute atomic E-state index is 12.2. The number of anilines is 1. The Morgan fingerprint density at radius 2 is 2.19 bits per heavy atom. The first kappa shape index (κ1) is 13.3. The quantitative estimate of drug-likeness (QED) is 0.680. The van der Waals surface area contributed by atoms with E-state index in [1.165, 1.54) is 17.4 Å². The predicted molar refractivity (Wildman–Crippen MR) is 76.8 cm³/mol. The van der Waals surface area contributed by atoms with Crippen molar-refractivity contribution in [3.8, 4) is 0 Å². The third kappa shape index (κ3) is 2.27. The van der Waals surface area contributed by atoms with Gasteiger partial charge < -0.3 is 10.4 Å². The molecular weight excluding hydrogens is 294 g/mol.